The number of hydrogen-bond acceptors (Lipinski definition) is 7. The van der Waals surface area contributed by atoms with Gasteiger partial charge in [-0.05, 0) is 30.7 Å². The van der Waals surface area contributed by atoms with Gasteiger partial charge < -0.3 is 18.8 Å². The van der Waals surface area contributed by atoms with Gasteiger partial charge >= 0.3 is 0 Å². The van der Waals surface area contributed by atoms with Crippen molar-refractivity contribution in [1.82, 2.24) is 14.5 Å². The highest BCUT2D eigenvalue weighted by molar-refractivity contribution is 7.22. The zero-order valence-electron chi connectivity index (χ0n) is 18.4. The van der Waals surface area contributed by atoms with E-state index in [0.29, 0.717) is 52.2 Å². The molecule has 0 radical (unpaired) electrons. The lowest BCUT2D eigenvalue weighted by Gasteiger charge is -2.21. The van der Waals surface area contributed by atoms with Crippen molar-refractivity contribution in [3.63, 3.8) is 0 Å². The van der Waals surface area contributed by atoms with Crippen LogP contribution in [-0.2, 0) is 6.54 Å². The van der Waals surface area contributed by atoms with Crippen LogP contribution in [0.25, 0.3) is 10.2 Å². The summed E-state index contributed by atoms with van der Waals surface area (Å²) in [5.74, 6) is 0.404. The van der Waals surface area contributed by atoms with Gasteiger partial charge in [0.1, 0.15) is 11.3 Å². The van der Waals surface area contributed by atoms with Crippen molar-refractivity contribution in [2.24, 2.45) is 0 Å². The fraction of sp³-hybridized carbons (Fsp3) is 0.261. The molecule has 0 fully saturated rings. The van der Waals surface area contributed by atoms with E-state index in [1.807, 2.05) is 10.8 Å². The van der Waals surface area contributed by atoms with E-state index in [1.165, 1.54) is 38.7 Å². The summed E-state index contributed by atoms with van der Waals surface area (Å²) >= 11 is 1.27. The normalized spacial score (nSPS) is 10.9. The topological polar surface area (TPSA) is 78.7 Å². The lowest BCUT2D eigenvalue weighted by Crippen LogP contribution is -2.32. The minimum Gasteiger partial charge on any atom is -0.493 e. The standard InChI is InChI=1S/C23H23FN4O4S/c1-30-17-12-15(13-18(31-2)21(17)32-3)22(29)28(10-5-9-27-11-8-25-14-27)23-26-20-16(24)6-4-7-19(20)33-23/h4,6-8,11-14H,5,9-10H2,1-3H3. The molecule has 0 saturated heterocycles. The monoisotopic (exact) mass is 470 g/mol. The Morgan fingerprint density at radius 2 is 1.91 bits per heavy atom. The zero-order chi connectivity index (χ0) is 23.4. The molecule has 0 aliphatic heterocycles. The third-order valence-electron chi connectivity index (χ3n) is 5.10. The summed E-state index contributed by atoms with van der Waals surface area (Å²) in [5.41, 5.74) is 0.585. The van der Waals surface area contributed by atoms with Crippen molar-refractivity contribution in [1.29, 1.82) is 0 Å². The molecule has 2 aromatic carbocycles. The van der Waals surface area contributed by atoms with E-state index in [2.05, 4.69) is 9.97 Å². The molecule has 0 N–H and O–H groups in total. The lowest BCUT2D eigenvalue weighted by molar-refractivity contribution is 0.0985. The number of benzene rings is 2. The fourth-order valence-electron chi connectivity index (χ4n) is 3.49. The number of amides is 1. The third kappa shape index (κ3) is 4.61. The van der Waals surface area contributed by atoms with Gasteiger partial charge in [0, 0.05) is 31.0 Å². The first-order valence-corrected chi connectivity index (χ1v) is 11.0. The van der Waals surface area contributed by atoms with Crippen LogP contribution in [0.3, 0.4) is 0 Å². The number of carbonyl (C=O) groups is 1. The average Bonchev–Trinajstić information content (AvgIpc) is 3.51. The maximum atomic E-state index is 14.3. The smallest absolute Gasteiger partial charge is 0.260 e. The van der Waals surface area contributed by atoms with Gasteiger partial charge in [-0.15, -0.1) is 0 Å². The number of thiazole rings is 1. The first-order chi connectivity index (χ1) is 16.0. The second-order valence-electron chi connectivity index (χ2n) is 7.11. The molecule has 0 aliphatic carbocycles. The number of ether oxygens (including phenoxy) is 3. The molecule has 0 unspecified atom stereocenters. The number of aromatic nitrogens is 3. The molecule has 4 aromatic rings. The van der Waals surface area contributed by atoms with Gasteiger partial charge in [0.05, 0.1) is 32.4 Å². The van der Waals surface area contributed by atoms with Crippen LogP contribution in [-0.4, -0.2) is 48.3 Å². The van der Waals surface area contributed by atoms with Gasteiger partial charge in [-0.25, -0.2) is 14.4 Å². The van der Waals surface area contributed by atoms with Crippen LogP contribution in [0.1, 0.15) is 16.8 Å². The lowest BCUT2D eigenvalue weighted by atomic mass is 10.1. The van der Waals surface area contributed by atoms with Gasteiger partial charge in [-0.3, -0.25) is 9.69 Å². The summed E-state index contributed by atoms with van der Waals surface area (Å²) in [6.07, 6.45) is 5.93. The Hall–Kier alpha value is -3.66. The minimum absolute atomic E-state index is 0.245. The summed E-state index contributed by atoms with van der Waals surface area (Å²) in [7, 11) is 4.48. The number of aryl methyl sites for hydroxylation is 1. The van der Waals surface area contributed by atoms with E-state index < -0.39 is 5.82 Å². The number of hydrogen-bond donors (Lipinski definition) is 0. The highest BCUT2D eigenvalue weighted by Gasteiger charge is 2.25. The highest BCUT2D eigenvalue weighted by atomic mass is 32.1. The number of nitrogens with zero attached hydrogens (tertiary/aromatic N) is 4. The van der Waals surface area contributed by atoms with Crippen LogP contribution in [0, 0.1) is 5.82 Å². The SMILES string of the molecule is COc1cc(C(=O)N(CCCn2ccnc2)c2nc3c(F)cccc3s2)cc(OC)c1OC. The van der Waals surface area contributed by atoms with Crippen LogP contribution >= 0.6 is 11.3 Å². The maximum absolute atomic E-state index is 14.3. The number of rotatable bonds is 9. The van der Waals surface area contributed by atoms with Crippen molar-refractivity contribution in [3.8, 4) is 17.2 Å². The Kier molecular flexibility index (Phi) is 6.74. The molecule has 33 heavy (non-hydrogen) atoms. The van der Waals surface area contributed by atoms with Gasteiger partial charge in [0.25, 0.3) is 5.91 Å². The molecule has 4 rings (SSSR count). The Balaban J connectivity index is 1.71. The number of carbonyl (C=O) groups excluding carboxylic acids is 1. The number of methoxy groups -OCH3 is 3. The minimum atomic E-state index is -0.423. The molecule has 8 nitrogen and oxygen atoms in total. The predicted octanol–water partition coefficient (Wildman–Crippen LogP) is 4.39. The molecule has 2 aromatic heterocycles. The maximum Gasteiger partial charge on any atom is 0.260 e. The second kappa shape index (κ2) is 9.86. The van der Waals surface area contributed by atoms with Gasteiger partial charge in [0.15, 0.2) is 16.6 Å². The van der Waals surface area contributed by atoms with Crippen LogP contribution in [0.5, 0.6) is 17.2 Å². The molecule has 0 atom stereocenters. The van der Waals surface area contributed by atoms with Crippen LogP contribution < -0.4 is 19.1 Å². The molecule has 2 heterocycles. The van der Waals surface area contributed by atoms with Crippen molar-refractivity contribution < 1.29 is 23.4 Å². The summed E-state index contributed by atoms with van der Waals surface area (Å²) < 4.78 is 33.1. The molecular weight excluding hydrogens is 447 g/mol. The van der Waals surface area contributed by atoms with Gasteiger partial charge in [-0.1, -0.05) is 17.4 Å². The van der Waals surface area contributed by atoms with Crippen LogP contribution in [0.2, 0.25) is 0 Å². The van der Waals surface area contributed by atoms with Gasteiger partial charge in [0.2, 0.25) is 5.75 Å². The quantitative estimate of drug-likeness (QED) is 0.361. The fourth-order valence-corrected chi connectivity index (χ4v) is 4.50. The van der Waals surface area contributed by atoms with Crippen LogP contribution in [0.4, 0.5) is 9.52 Å². The second-order valence-corrected chi connectivity index (χ2v) is 8.12. The zero-order valence-corrected chi connectivity index (χ0v) is 19.3. The summed E-state index contributed by atoms with van der Waals surface area (Å²) in [5, 5.41) is 0.416. The largest absolute Gasteiger partial charge is 0.493 e. The van der Waals surface area contributed by atoms with E-state index >= 15 is 0 Å². The molecular formula is C23H23FN4O4S. The number of imidazole rings is 1. The molecule has 0 bridgehead atoms. The van der Waals surface area contributed by atoms with Crippen molar-refractivity contribution in [2.45, 2.75) is 13.0 Å². The Morgan fingerprint density at radius 1 is 1.15 bits per heavy atom. The van der Waals surface area contributed by atoms with Crippen LogP contribution in [0.15, 0.2) is 49.1 Å². The highest BCUT2D eigenvalue weighted by Crippen LogP contribution is 2.39. The molecule has 0 spiro atoms. The molecule has 172 valence electrons. The van der Waals surface area contributed by atoms with E-state index in [9.17, 15) is 9.18 Å². The number of anilines is 1. The summed E-state index contributed by atoms with van der Waals surface area (Å²) in [6.45, 7) is 1.04. The first-order valence-electron chi connectivity index (χ1n) is 10.2. The van der Waals surface area contributed by atoms with Crippen molar-refractivity contribution in [3.05, 3.63) is 60.4 Å². The first kappa shape index (κ1) is 22.5. The van der Waals surface area contributed by atoms with E-state index in [0.717, 1.165) is 0 Å². The van der Waals surface area contributed by atoms with E-state index in [1.54, 1.807) is 41.7 Å². The number of halogens is 1. The number of para-hydroxylation sites is 1. The molecule has 0 aliphatic rings. The third-order valence-corrected chi connectivity index (χ3v) is 6.15. The van der Waals surface area contributed by atoms with Crippen molar-refractivity contribution in [2.75, 3.05) is 32.8 Å². The summed E-state index contributed by atoms with van der Waals surface area (Å²) in [4.78, 5) is 23.7. The van der Waals surface area contributed by atoms with Gasteiger partial charge in [-0.2, -0.15) is 0 Å². The number of fused-ring (bicyclic) bond motifs is 1. The van der Waals surface area contributed by atoms with E-state index in [-0.39, 0.29) is 11.4 Å². The average molecular weight is 471 g/mol. The summed E-state index contributed by atoms with van der Waals surface area (Å²) in [6, 6.07) is 7.97. The Morgan fingerprint density at radius 3 is 2.52 bits per heavy atom. The molecule has 0 saturated carbocycles. The molecule has 1 amide bonds. The predicted molar refractivity (Wildman–Crippen MR) is 124 cm³/mol. The van der Waals surface area contributed by atoms with Crippen molar-refractivity contribution >= 4 is 32.6 Å². The Bertz CT molecular complexity index is 1230. The Labute approximate surface area is 194 Å². The molecule has 10 heteroatoms. The van der Waals surface area contributed by atoms with E-state index in [4.69, 9.17) is 14.2 Å².